The maximum atomic E-state index is 12.1. The molecule has 1 fully saturated rings. The summed E-state index contributed by atoms with van der Waals surface area (Å²) < 4.78 is 1.91. The molecule has 0 amide bonds. The predicted octanol–water partition coefficient (Wildman–Crippen LogP) is 4.35. The molecule has 0 unspecified atom stereocenters. The van der Waals surface area contributed by atoms with E-state index in [0.29, 0.717) is 27.2 Å². The van der Waals surface area contributed by atoms with E-state index in [9.17, 15) is 14.7 Å². The number of fused-ring (bicyclic) bond motifs is 1. The number of pyridine rings is 1. The molecule has 3 aromatic heterocycles. The molecule has 7 nitrogen and oxygen atoms in total. The van der Waals surface area contributed by atoms with Crippen LogP contribution in [0.3, 0.4) is 0 Å². The molecule has 0 spiro atoms. The molecule has 2 N–H and O–H groups in total. The molecular formula is C21H18N4O3S2. The van der Waals surface area contributed by atoms with Crippen LogP contribution in [0.15, 0.2) is 46.3 Å². The Morgan fingerprint density at radius 2 is 2.10 bits per heavy atom. The average Bonchev–Trinajstić information content (AvgIpc) is 3.40. The number of carboxylic acid groups (broad SMARTS) is 1. The first-order chi connectivity index (χ1) is 14.5. The lowest BCUT2D eigenvalue weighted by atomic mass is 10.1. The van der Waals surface area contributed by atoms with E-state index in [-0.39, 0.29) is 10.4 Å². The topological polar surface area (TPSA) is 101 Å². The number of aryl methyl sites for hydroxylation is 1. The molecule has 0 bridgehead atoms. The van der Waals surface area contributed by atoms with Crippen molar-refractivity contribution >= 4 is 39.3 Å². The van der Waals surface area contributed by atoms with Crippen molar-refractivity contribution in [2.75, 3.05) is 0 Å². The van der Waals surface area contributed by atoms with Crippen molar-refractivity contribution in [3.05, 3.63) is 68.6 Å². The Bertz CT molecular complexity index is 1320. The number of aromatic amines is 1. The second kappa shape index (κ2) is 7.41. The molecule has 30 heavy (non-hydrogen) atoms. The minimum Gasteiger partial charge on any atom is -0.477 e. The van der Waals surface area contributed by atoms with E-state index in [0.717, 1.165) is 46.6 Å². The SMILES string of the molecule is Cc1c(C(=O)O)sc2[nH]c(=O)cc(CSc3nc(C4CC4)n(-c4ccccc4)n3)c12. The highest BCUT2D eigenvalue weighted by atomic mass is 32.2. The van der Waals surface area contributed by atoms with E-state index >= 15 is 0 Å². The summed E-state index contributed by atoms with van der Waals surface area (Å²) in [5.41, 5.74) is 2.22. The Kier molecular flexibility index (Phi) is 4.71. The van der Waals surface area contributed by atoms with Crippen LogP contribution >= 0.6 is 23.1 Å². The zero-order valence-corrected chi connectivity index (χ0v) is 17.7. The molecular weight excluding hydrogens is 420 g/mol. The number of H-pyrrole nitrogens is 1. The van der Waals surface area contributed by atoms with Gasteiger partial charge >= 0.3 is 5.97 Å². The first kappa shape index (κ1) is 19.1. The predicted molar refractivity (Wildman–Crippen MR) is 117 cm³/mol. The Balaban J connectivity index is 1.49. The lowest BCUT2D eigenvalue weighted by molar-refractivity contribution is 0.0701. The maximum absolute atomic E-state index is 12.1. The van der Waals surface area contributed by atoms with Gasteiger partial charge in [0.25, 0.3) is 0 Å². The van der Waals surface area contributed by atoms with Gasteiger partial charge < -0.3 is 10.1 Å². The Morgan fingerprint density at radius 3 is 2.80 bits per heavy atom. The van der Waals surface area contributed by atoms with E-state index < -0.39 is 5.97 Å². The van der Waals surface area contributed by atoms with Gasteiger partial charge in [0.05, 0.1) is 5.69 Å². The van der Waals surface area contributed by atoms with Gasteiger partial charge in [0.1, 0.15) is 15.5 Å². The number of carbonyl (C=O) groups is 1. The number of aromatic nitrogens is 4. The fourth-order valence-electron chi connectivity index (χ4n) is 3.56. The molecule has 1 aliphatic carbocycles. The number of rotatable bonds is 6. The smallest absolute Gasteiger partial charge is 0.346 e. The molecule has 0 saturated heterocycles. The number of benzene rings is 1. The number of nitrogens with zero attached hydrogens (tertiary/aromatic N) is 3. The molecule has 152 valence electrons. The van der Waals surface area contributed by atoms with Crippen LogP contribution in [0.2, 0.25) is 0 Å². The number of para-hydroxylation sites is 1. The van der Waals surface area contributed by atoms with Crippen LogP contribution in [0.25, 0.3) is 15.9 Å². The number of nitrogens with one attached hydrogen (secondary N) is 1. The lowest BCUT2D eigenvalue weighted by Gasteiger charge is -2.04. The second-order valence-electron chi connectivity index (χ2n) is 7.29. The van der Waals surface area contributed by atoms with Crippen molar-refractivity contribution in [3.63, 3.8) is 0 Å². The normalized spacial score (nSPS) is 13.8. The summed E-state index contributed by atoms with van der Waals surface area (Å²) in [5, 5.41) is 15.6. The highest BCUT2D eigenvalue weighted by Gasteiger charge is 2.30. The van der Waals surface area contributed by atoms with Crippen LogP contribution in [-0.4, -0.2) is 30.8 Å². The number of hydrogen-bond donors (Lipinski definition) is 2. The number of hydrogen-bond acceptors (Lipinski definition) is 6. The fraction of sp³-hybridized carbons (Fsp3) is 0.238. The Hall–Kier alpha value is -2.91. The largest absolute Gasteiger partial charge is 0.477 e. The van der Waals surface area contributed by atoms with Gasteiger partial charge in [0.15, 0.2) is 0 Å². The van der Waals surface area contributed by atoms with Crippen molar-refractivity contribution in [1.29, 1.82) is 0 Å². The summed E-state index contributed by atoms with van der Waals surface area (Å²) in [4.78, 5) is 32.0. The average molecular weight is 439 g/mol. The first-order valence-electron chi connectivity index (χ1n) is 9.55. The van der Waals surface area contributed by atoms with Crippen LogP contribution in [0, 0.1) is 6.92 Å². The summed E-state index contributed by atoms with van der Waals surface area (Å²) in [6, 6.07) is 11.5. The number of aromatic carboxylic acids is 1. The first-order valence-corrected chi connectivity index (χ1v) is 11.3. The molecule has 4 aromatic rings. The van der Waals surface area contributed by atoms with Gasteiger partial charge in [-0.1, -0.05) is 30.0 Å². The van der Waals surface area contributed by atoms with Gasteiger partial charge in [-0.2, -0.15) is 0 Å². The van der Waals surface area contributed by atoms with Crippen molar-refractivity contribution in [3.8, 4) is 5.69 Å². The van der Waals surface area contributed by atoms with Gasteiger partial charge in [-0.25, -0.2) is 14.5 Å². The highest BCUT2D eigenvalue weighted by Crippen LogP contribution is 2.41. The van der Waals surface area contributed by atoms with Crippen LogP contribution in [0.5, 0.6) is 0 Å². The monoisotopic (exact) mass is 438 g/mol. The number of carboxylic acids is 1. The Labute approximate surface area is 179 Å². The van der Waals surface area contributed by atoms with E-state index in [2.05, 4.69) is 4.98 Å². The third-order valence-electron chi connectivity index (χ3n) is 5.12. The van der Waals surface area contributed by atoms with Crippen molar-refractivity contribution in [2.24, 2.45) is 0 Å². The molecule has 5 rings (SSSR count). The van der Waals surface area contributed by atoms with Gasteiger partial charge in [0, 0.05) is 23.1 Å². The fourth-order valence-corrected chi connectivity index (χ4v) is 5.45. The van der Waals surface area contributed by atoms with Crippen molar-refractivity contribution < 1.29 is 9.90 Å². The third-order valence-corrected chi connectivity index (χ3v) is 7.20. The lowest BCUT2D eigenvalue weighted by Crippen LogP contribution is -2.05. The van der Waals surface area contributed by atoms with Gasteiger partial charge in [0.2, 0.25) is 10.7 Å². The van der Waals surface area contributed by atoms with Gasteiger partial charge in [-0.05, 0) is 43.0 Å². The summed E-state index contributed by atoms with van der Waals surface area (Å²) in [6.07, 6.45) is 2.24. The molecule has 9 heteroatoms. The summed E-state index contributed by atoms with van der Waals surface area (Å²) in [5.74, 6) is 0.917. The summed E-state index contributed by atoms with van der Waals surface area (Å²) in [7, 11) is 0. The molecule has 0 aliphatic heterocycles. The zero-order chi connectivity index (χ0) is 20.8. The molecule has 1 aliphatic rings. The van der Waals surface area contributed by atoms with E-state index in [1.54, 1.807) is 6.92 Å². The standard InChI is InChI=1S/C21H18N4O3S2/c1-11-16-13(9-15(26)22-19(16)30-17(11)20(27)28)10-29-21-23-18(12-7-8-12)25(24-21)14-5-3-2-4-6-14/h2-6,9,12H,7-8,10H2,1H3,(H,22,26)(H,27,28). The van der Waals surface area contributed by atoms with Crippen LogP contribution in [0.1, 0.15) is 45.4 Å². The molecule has 0 radical (unpaired) electrons. The van der Waals surface area contributed by atoms with E-state index in [1.165, 1.54) is 17.8 Å². The molecule has 3 heterocycles. The van der Waals surface area contributed by atoms with E-state index in [4.69, 9.17) is 10.1 Å². The maximum Gasteiger partial charge on any atom is 0.346 e. The number of thioether (sulfide) groups is 1. The van der Waals surface area contributed by atoms with Crippen LogP contribution < -0.4 is 5.56 Å². The third kappa shape index (κ3) is 3.44. The molecule has 1 saturated carbocycles. The van der Waals surface area contributed by atoms with Crippen molar-refractivity contribution in [2.45, 2.75) is 36.6 Å². The Morgan fingerprint density at radius 1 is 1.33 bits per heavy atom. The second-order valence-corrected chi connectivity index (χ2v) is 9.25. The van der Waals surface area contributed by atoms with Gasteiger partial charge in [-0.15, -0.1) is 16.4 Å². The van der Waals surface area contributed by atoms with Crippen LogP contribution in [0.4, 0.5) is 0 Å². The van der Waals surface area contributed by atoms with Gasteiger partial charge in [-0.3, -0.25) is 4.79 Å². The zero-order valence-electron chi connectivity index (χ0n) is 16.1. The summed E-state index contributed by atoms with van der Waals surface area (Å²) >= 11 is 2.56. The quantitative estimate of drug-likeness (QED) is 0.434. The molecule has 1 aromatic carbocycles. The minimum atomic E-state index is -0.981. The number of thiophene rings is 1. The summed E-state index contributed by atoms with van der Waals surface area (Å²) in [6.45, 7) is 1.78. The van der Waals surface area contributed by atoms with E-state index in [1.807, 2.05) is 35.0 Å². The van der Waals surface area contributed by atoms with Crippen LogP contribution in [-0.2, 0) is 5.75 Å². The minimum absolute atomic E-state index is 0.238. The highest BCUT2D eigenvalue weighted by molar-refractivity contribution is 7.98. The van der Waals surface area contributed by atoms with Crippen molar-refractivity contribution in [1.82, 2.24) is 19.7 Å². The molecule has 0 atom stereocenters.